The van der Waals surface area contributed by atoms with Crippen molar-refractivity contribution in [3.8, 4) is 0 Å². The molecule has 6 fully saturated rings. The van der Waals surface area contributed by atoms with E-state index in [1.54, 1.807) is 0 Å². The average Bonchev–Trinajstić information content (AvgIpc) is 3.88. The summed E-state index contributed by atoms with van der Waals surface area (Å²) in [5.41, 5.74) is -0.949. The topological polar surface area (TPSA) is 116 Å². The Morgan fingerprint density at radius 2 is 1.06 bits per heavy atom. The Bertz CT molecular complexity index is 1140. The summed E-state index contributed by atoms with van der Waals surface area (Å²) >= 11 is 5.32. The SMILES string of the molecule is CC(C)(C)OC(=O)CC(O)C1CC2CCC1C2.CC(C)(C)OC(=O)CC(OC(=O)C1CCCCC1)C1CC2CCC1C2.O=C(Cl)C1CCCCC1. The van der Waals surface area contributed by atoms with Gasteiger partial charge in [-0.15, -0.1) is 0 Å². The highest BCUT2D eigenvalue weighted by Crippen LogP contribution is 2.51. The highest BCUT2D eigenvalue weighted by molar-refractivity contribution is 6.63. The number of carbonyl (C=O) groups excluding carboxylic acids is 4. The smallest absolute Gasteiger partial charge is 0.310 e. The van der Waals surface area contributed by atoms with Crippen molar-refractivity contribution in [1.82, 2.24) is 0 Å². The fourth-order valence-corrected chi connectivity index (χ4v) is 10.2. The highest BCUT2D eigenvalue weighted by atomic mass is 35.5. The van der Waals surface area contributed by atoms with Crippen LogP contribution in [0, 0.1) is 47.3 Å². The third kappa shape index (κ3) is 13.9. The van der Waals surface area contributed by atoms with Crippen LogP contribution in [-0.4, -0.2) is 51.7 Å². The molecule has 6 rings (SSSR count). The standard InChI is InChI=1S/C21H34O4.C14H24O3.C7H11ClO/c1-21(2,3)25-19(22)13-18(17-12-14-9-10-16(17)11-14)24-20(23)15-7-5-4-6-8-15;1-14(2,3)17-13(16)8-12(15)11-7-9-4-5-10(11)6-9;8-7(9)6-4-2-1-3-5-6/h14-18H,4-13H2,1-3H3;9-12,15H,4-8H2,1-3H3;6H,1-5H2. The van der Waals surface area contributed by atoms with E-state index in [0.717, 1.165) is 63.2 Å². The van der Waals surface area contributed by atoms with Gasteiger partial charge in [0.1, 0.15) is 17.3 Å². The molecule has 0 aromatic carbocycles. The fraction of sp³-hybridized carbons (Fsp3) is 0.905. The molecule has 8 nitrogen and oxygen atoms in total. The zero-order valence-corrected chi connectivity index (χ0v) is 33.4. The van der Waals surface area contributed by atoms with Crippen LogP contribution in [0.15, 0.2) is 0 Å². The summed E-state index contributed by atoms with van der Waals surface area (Å²) in [4.78, 5) is 47.3. The van der Waals surface area contributed by atoms with Crippen LogP contribution in [0.1, 0.15) is 170 Å². The van der Waals surface area contributed by atoms with Crippen molar-refractivity contribution in [3.05, 3.63) is 0 Å². The second-order valence-corrected chi connectivity index (χ2v) is 19.1. The van der Waals surface area contributed by atoms with E-state index < -0.39 is 17.3 Å². The molecule has 8 unspecified atom stereocenters. The van der Waals surface area contributed by atoms with Crippen molar-refractivity contribution in [2.75, 3.05) is 0 Å². The number of aliphatic hydroxyl groups is 1. The second-order valence-electron chi connectivity index (χ2n) is 18.8. The molecule has 0 amide bonds. The molecule has 0 saturated heterocycles. The molecule has 292 valence electrons. The van der Waals surface area contributed by atoms with Crippen LogP contribution >= 0.6 is 11.6 Å². The molecule has 0 radical (unpaired) electrons. The first-order valence-electron chi connectivity index (χ1n) is 20.5. The van der Waals surface area contributed by atoms with E-state index in [4.69, 9.17) is 25.8 Å². The first-order valence-corrected chi connectivity index (χ1v) is 20.9. The molecule has 0 aromatic rings. The number of fused-ring (bicyclic) bond motifs is 4. The van der Waals surface area contributed by atoms with Crippen LogP contribution < -0.4 is 0 Å². The summed E-state index contributed by atoms with van der Waals surface area (Å²) in [5.74, 6) is 3.16. The van der Waals surface area contributed by atoms with E-state index in [1.165, 1.54) is 64.2 Å². The van der Waals surface area contributed by atoms with Gasteiger partial charge in [0.2, 0.25) is 5.24 Å². The lowest BCUT2D eigenvalue weighted by atomic mass is 9.83. The molecule has 0 heterocycles. The predicted molar refractivity (Wildman–Crippen MR) is 199 cm³/mol. The maximum atomic E-state index is 12.7. The predicted octanol–water partition coefficient (Wildman–Crippen LogP) is 9.49. The molecule has 1 N–H and O–H groups in total. The number of esters is 3. The Morgan fingerprint density at radius 3 is 1.45 bits per heavy atom. The molecule has 6 aliphatic rings. The van der Waals surface area contributed by atoms with Gasteiger partial charge < -0.3 is 19.3 Å². The van der Waals surface area contributed by atoms with Crippen molar-refractivity contribution in [2.24, 2.45) is 47.3 Å². The number of halogens is 1. The molecular formula is C42H69ClO8. The monoisotopic (exact) mass is 736 g/mol. The van der Waals surface area contributed by atoms with Gasteiger partial charge in [-0.1, -0.05) is 51.4 Å². The lowest BCUT2D eigenvalue weighted by Crippen LogP contribution is -2.36. The van der Waals surface area contributed by atoms with Crippen molar-refractivity contribution in [2.45, 2.75) is 193 Å². The van der Waals surface area contributed by atoms with Crippen LogP contribution in [-0.2, 0) is 33.4 Å². The van der Waals surface area contributed by atoms with E-state index in [1.807, 2.05) is 41.5 Å². The maximum absolute atomic E-state index is 12.7. The summed E-state index contributed by atoms with van der Waals surface area (Å²) < 4.78 is 16.7. The third-order valence-corrected chi connectivity index (χ3v) is 12.6. The Hall–Kier alpha value is -1.67. The maximum Gasteiger partial charge on any atom is 0.310 e. The van der Waals surface area contributed by atoms with Gasteiger partial charge in [0.05, 0.1) is 24.9 Å². The van der Waals surface area contributed by atoms with E-state index in [-0.39, 0.29) is 53.9 Å². The van der Waals surface area contributed by atoms with Gasteiger partial charge in [-0.05, 0) is 153 Å². The van der Waals surface area contributed by atoms with Crippen LogP contribution in [0.5, 0.6) is 0 Å². The molecule has 6 saturated carbocycles. The largest absolute Gasteiger partial charge is 0.461 e. The first kappa shape index (κ1) is 42.1. The molecule has 0 aromatic heterocycles. The summed E-state index contributed by atoms with van der Waals surface area (Å²) in [5, 5.41) is 10.0. The number of hydrogen-bond donors (Lipinski definition) is 1. The normalized spacial score (nSPS) is 30.3. The Labute approximate surface area is 313 Å². The fourth-order valence-electron chi connectivity index (χ4n) is 9.96. The molecule has 51 heavy (non-hydrogen) atoms. The summed E-state index contributed by atoms with van der Waals surface area (Å²) in [6.07, 6.45) is 20.4. The highest BCUT2D eigenvalue weighted by Gasteiger charge is 2.46. The third-order valence-electron chi connectivity index (χ3n) is 12.3. The number of carbonyl (C=O) groups is 4. The van der Waals surface area contributed by atoms with Gasteiger partial charge >= 0.3 is 17.9 Å². The quantitative estimate of drug-likeness (QED) is 0.141. The number of aliphatic hydroxyl groups excluding tert-OH is 1. The van der Waals surface area contributed by atoms with Gasteiger partial charge in [0, 0.05) is 5.92 Å². The Kier molecular flexibility index (Phi) is 15.7. The minimum absolute atomic E-state index is 0.0356. The molecular weight excluding hydrogens is 668 g/mol. The van der Waals surface area contributed by atoms with Crippen LogP contribution in [0.2, 0.25) is 0 Å². The van der Waals surface area contributed by atoms with Crippen LogP contribution in [0.3, 0.4) is 0 Å². The van der Waals surface area contributed by atoms with Gasteiger partial charge in [-0.25, -0.2) is 0 Å². The summed E-state index contributed by atoms with van der Waals surface area (Å²) in [7, 11) is 0. The second kappa shape index (κ2) is 19.1. The molecule has 4 bridgehead atoms. The van der Waals surface area contributed by atoms with Crippen molar-refractivity contribution in [3.63, 3.8) is 0 Å². The van der Waals surface area contributed by atoms with Gasteiger partial charge in [0.25, 0.3) is 0 Å². The lowest BCUT2D eigenvalue weighted by molar-refractivity contribution is -0.168. The van der Waals surface area contributed by atoms with Gasteiger partial charge in [-0.3, -0.25) is 19.2 Å². The van der Waals surface area contributed by atoms with Crippen LogP contribution in [0.4, 0.5) is 0 Å². The molecule has 9 heteroatoms. The zero-order valence-electron chi connectivity index (χ0n) is 32.6. The lowest BCUT2D eigenvalue weighted by Gasteiger charge is -2.32. The van der Waals surface area contributed by atoms with E-state index in [2.05, 4.69) is 0 Å². The number of ether oxygens (including phenoxy) is 3. The minimum atomic E-state index is -0.500. The average molecular weight is 737 g/mol. The van der Waals surface area contributed by atoms with E-state index >= 15 is 0 Å². The zero-order chi connectivity index (χ0) is 37.3. The minimum Gasteiger partial charge on any atom is -0.461 e. The molecule has 0 aliphatic heterocycles. The van der Waals surface area contributed by atoms with Gasteiger partial charge in [0.15, 0.2) is 0 Å². The van der Waals surface area contributed by atoms with Crippen molar-refractivity contribution in [1.29, 1.82) is 0 Å². The number of hydrogen-bond acceptors (Lipinski definition) is 8. The van der Waals surface area contributed by atoms with E-state index in [0.29, 0.717) is 23.7 Å². The van der Waals surface area contributed by atoms with Crippen molar-refractivity contribution < 1.29 is 38.5 Å². The summed E-state index contributed by atoms with van der Waals surface area (Å²) in [6, 6.07) is 0. The van der Waals surface area contributed by atoms with Crippen molar-refractivity contribution >= 4 is 34.8 Å². The molecule has 0 spiro atoms. The molecule has 6 aliphatic carbocycles. The molecule has 8 atom stereocenters. The first-order chi connectivity index (χ1) is 24.0. The van der Waals surface area contributed by atoms with Gasteiger partial charge in [-0.2, -0.15) is 0 Å². The van der Waals surface area contributed by atoms with E-state index in [9.17, 15) is 24.3 Å². The Morgan fingerprint density at radius 1 is 0.608 bits per heavy atom. The van der Waals surface area contributed by atoms with Crippen LogP contribution in [0.25, 0.3) is 0 Å². The summed E-state index contributed by atoms with van der Waals surface area (Å²) in [6.45, 7) is 11.2. The number of rotatable bonds is 9. The Balaban J connectivity index is 0.000000192.